The van der Waals surface area contributed by atoms with Crippen LogP contribution < -0.4 is 5.32 Å². The lowest BCUT2D eigenvalue weighted by molar-refractivity contribution is -0.112. The molecule has 0 unspecified atom stereocenters. The van der Waals surface area contributed by atoms with Gasteiger partial charge in [-0.3, -0.25) is 9.59 Å². The highest BCUT2D eigenvalue weighted by Gasteiger charge is 2.17. The van der Waals surface area contributed by atoms with Crippen LogP contribution in [0.2, 0.25) is 0 Å². The predicted octanol–water partition coefficient (Wildman–Crippen LogP) is 3.43. The molecule has 0 aliphatic carbocycles. The quantitative estimate of drug-likeness (QED) is 0.684. The molecule has 3 nitrogen and oxygen atoms in total. The fraction of sp³-hybridized carbons (Fsp3) is 0.176. The van der Waals surface area contributed by atoms with Gasteiger partial charge in [-0.05, 0) is 31.9 Å². The maximum absolute atomic E-state index is 12.0. The summed E-state index contributed by atoms with van der Waals surface area (Å²) in [7, 11) is 0. The number of hydrogen-bond donors (Lipinski definition) is 1. The van der Waals surface area contributed by atoms with Crippen LogP contribution in [0.15, 0.2) is 42.5 Å². The third kappa shape index (κ3) is 2.94. The molecule has 102 valence electrons. The van der Waals surface area contributed by atoms with Crippen molar-refractivity contribution in [3.63, 3.8) is 0 Å². The molecule has 3 heteroatoms. The lowest BCUT2D eigenvalue weighted by Crippen LogP contribution is -2.23. The van der Waals surface area contributed by atoms with E-state index >= 15 is 0 Å². The third-order valence-corrected chi connectivity index (χ3v) is 3.16. The van der Waals surface area contributed by atoms with Gasteiger partial charge in [0.15, 0.2) is 0 Å². The van der Waals surface area contributed by atoms with Crippen molar-refractivity contribution in [2.24, 2.45) is 0 Å². The summed E-state index contributed by atoms with van der Waals surface area (Å²) in [6, 6.07) is 12.5. The second-order valence-corrected chi connectivity index (χ2v) is 4.92. The van der Waals surface area contributed by atoms with Crippen LogP contribution in [0.1, 0.15) is 27.0 Å². The molecule has 20 heavy (non-hydrogen) atoms. The van der Waals surface area contributed by atoms with Gasteiger partial charge in [-0.2, -0.15) is 0 Å². The number of rotatable bonds is 3. The zero-order chi connectivity index (χ0) is 14.7. The van der Waals surface area contributed by atoms with Crippen LogP contribution in [0.4, 0.5) is 5.69 Å². The topological polar surface area (TPSA) is 46.2 Å². The first-order valence-electron chi connectivity index (χ1n) is 6.47. The van der Waals surface area contributed by atoms with E-state index in [0.717, 1.165) is 16.7 Å². The van der Waals surface area contributed by atoms with Gasteiger partial charge >= 0.3 is 0 Å². The second kappa shape index (κ2) is 5.70. The second-order valence-electron chi connectivity index (χ2n) is 4.92. The molecule has 0 radical (unpaired) electrons. The summed E-state index contributed by atoms with van der Waals surface area (Å²) in [5.41, 5.74) is 4.15. The first kappa shape index (κ1) is 14.0. The fourth-order valence-corrected chi connectivity index (χ4v) is 2.27. The molecule has 1 amide bonds. The Hall–Kier alpha value is -2.42. The van der Waals surface area contributed by atoms with Crippen LogP contribution >= 0.6 is 0 Å². The van der Waals surface area contributed by atoms with Crippen molar-refractivity contribution < 1.29 is 9.59 Å². The highest BCUT2D eigenvalue weighted by molar-refractivity contribution is 6.46. The lowest BCUT2D eigenvalue weighted by Gasteiger charge is -2.12. The molecule has 0 heterocycles. The van der Waals surface area contributed by atoms with Gasteiger partial charge in [-0.1, -0.05) is 48.0 Å². The van der Waals surface area contributed by atoms with Crippen molar-refractivity contribution >= 4 is 17.4 Å². The maximum Gasteiger partial charge on any atom is 0.296 e. The highest BCUT2D eigenvalue weighted by atomic mass is 16.2. The minimum absolute atomic E-state index is 0.396. The van der Waals surface area contributed by atoms with Crippen LogP contribution in [-0.2, 0) is 4.79 Å². The Labute approximate surface area is 118 Å². The molecule has 0 saturated heterocycles. The largest absolute Gasteiger partial charge is 0.319 e. The number of ketones is 1. The van der Waals surface area contributed by atoms with Crippen LogP contribution in [0.25, 0.3) is 0 Å². The molecule has 0 spiro atoms. The van der Waals surface area contributed by atoms with E-state index < -0.39 is 11.7 Å². The number of benzene rings is 2. The zero-order valence-electron chi connectivity index (χ0n) is 11.9. The van der Waals surface area contributed by atoms with Crippen molar-refractivity contribution in [3.8, 4) is 0 Å². The van der Waals surface area contributed by atoms with E-state index in [9.17, 15) is 9.59 Å². The van der Waals surface area contributed by atoms with E-state index in [0.29, 0.717) is 11.3 Å². The molecule has 0 fully saturated rings. The Morgan fingerprint density at radius 1 is 0.900 bits per heavy atom. The highest BCUT2D eigenvalue weighted by Crippen LogP contribution is 2.22. The van der Waals surface area contributed by atoms with Gasteiger partial charge in [-0.25, -0.2) is 0 Å². The Morgan fingerprint density at radius 3 is 2.00 bits per heavy atom. The van der Waals surface area contributed by atoms with Gasteiger partial charge in [0.25, 0.3) is 11.7 Å². The molecule has 0 aliphatic rings. The molecular formula is C17H17NO2. The first-order valence-corrected chi connectivity index (χ1v) is 6.47. The van der Waals surface area contributed by atoms with Gasteiger partial charge in [0.1, 0.15) is 0 Å². The number of Topliss-reactive ketones (excluding diaryl/α,β-unsaturated/α-hetero) is 1. The van der Waals surface area contributed by atoms with E-state index in [1.165, 1.54) is 0 Å². The predicted molar refractivity (Wildman–Crippen MR) is 80.1 cm³/mol. The maximum atomic E-state index is 12.0. The molecule has 2 aromatic carbocycles. The molecule has 0 aromatic heterocycles. The van der Waals surface area contributed by atoms with E-state index in [-0.39, 0.29) is 0 Å². The number of aryl methyl sites for hydroxylation is 3. The standard InChI is InChI=1S/C17H17NO2/c1-11-9-12(2)15(13(3)10-11)18-17(20)16(19)14-7-5-4-6-8-14/h4-10H,1-3H3,(H,18,20). The molecule has 0 atom stereocenters. The van der Waals surface area contributed by atoms with Crippen molar-refractivity contribution in [2.75, 3.05) is 5.32 Å². The summed E-state index contributed by atoms with van der Waals surface area (Å²) in [6.45, 7) is 5.84. The zero-order valence-corrected chi connectivity index (χ0v) is 11.9. The lowest BCUT2D eigenvalue weighted by atomic mass is 10.0. The summed E-state index contributed by atoms with van der Waals surface area (Å²) in [4.78, 5) is 24.1. The van der Waals surface area contributed by atoms with Gasteiger partial charge in [0, 0.05) is 11.3 Å². The van der Waals surface area contributed by atoms with Crippen molar-refractivity contribution in [2.45, 2.75) is 20.8 Å². The van der Waals surface area contributed by atoms with Crippen LogP contribution in [-0.4, -0.2) is 11.7 Å². The number of carbonyl (C=O) groups is 2. The molecule has 1 N–H and O–H groups in total. The Kier molecular flexibility index (Phi) is 3.99. The van der Waals surface area contributed by atoms with Crippen molar-refractivity contribution in [1.29, 1.82) is 0 Å². The summed E-state index contributed by atoms with van der Waals surface area (Å²) in [5, 5.41) is 2.72. The summed E-state index contributed by atoms with van der Waals surface area (Å²) in [6.07, 6.45) is 0. The van der Waals surface area contributed by atoms with Gasteiger partial charge in [0.05, 0.1) is 0 Å². The monoisotopic (exact) mass is 267 g/mol. The van der Waals surface area contributed by atoms with Gasteiger partial charge in [0.2, 0.25) is 0 Å². The Bertz CT molecular complexity index is 637. The number of nitrogens with one attached hydrogen (secondary N) is 1. The van der Waals surface area contributed by atoms with Crippen molar-refractivity contribution in [3.05, 3.63) is 64.7 Å². The molecule has 0 saturated carbocycles. The minimum Gasteiger partial charge on any atom is -0.319 e. The number of carbonyl (C=O) groups excluding carboxylic acids is 2. The van der Waals surface area contributed by atoms with Gasteiger partial charge < -0.3 is 5.32 Å². The van der Waals surface area contributed by atoms with E-state index in [1.807, 2.05) is 39.0 Å². The molecule has 0 aliphatic heterocycles. The first-order chi connectivity index (χ1) is 9.49. The summed E-state index contributed by atoms with van der Waals surface area (Å²) in [5.74, 6) is -1.13. The minimum atomic E-state index is -0.605. The average molecular weight is 267 g/mol. The normalized spacial score (nSPS) is 10.2. The van der Waals surface area contributed by atoms with Crippen LogP contribution in [0, 0.1) is 20.8 Å². The van der Waals surface area contributed by atoms with Crippen LogP contribution in [0.5, 0.6) is 0 Å². The number of anilines is 1. The Morgan fingerprint density at radius 2 is 1.45 bits per heavy atom. The van der Waals surface area contributed by atoms with E-state index in [1.54, 1.807) is 24.3 Å². The van der Waals surface area contributed by atoms with E-state index in [4.69, 9.17) is 0 Å². The average Bonchev–Trinajstić information content (AvgIpc) is 2.42. The summed E-state index contributed by atoms with van der Waals surface area (Å²) < 4.78 is 0. The molecule has 2 rings (SSSR count). The molecular weight excluding hydrogens is 250 g/mol. The summed E-state index contributed by atoms with van der Waals surface area (Å²) >= 11 is 0. The van der Waals surface area contributed by atoms with E-state index in [2.05, 4.69) is 5.32 Å². The van der Waals surface area contributed by atoms with Crippen LogP contribution in [0.3, 0.4) is 0 Å². The van der Waals surface area contributed by atoms with Crippen molar-refractivity contribution in [1.82, 2.24) is 0 Å². The fourth-order valence-electron chi connectivity index (χ4n) is 2.27. The number of hydrogen-bond acceptors (Lipinski definition) is 2. The third-order valence-electron chi connectivity index (χ3n) is 3.16. The smallest absolute Gasteiger partial charge is 0.296 e. The van der Waals surface area contributed by atoms with Gasteiger partial charge in [-0.15, -0.1) is 0 Å². The SMILES string of the molecule is Cc1cc(C)c(NC(=O)C(=O)c2ccccc2)c(C)c1. The molecule has 2 aromatic rings. The molecule has 0 bridgehead atoms. The number of amides is 1. The Balaban J connectivity index is 2.23.